The standard InChI is InChI=1S/C30H32O10/c1-10(2)7-15(31)29-22(34)14-9-37-13(6)20-17-12(5)38-25(28(14,20)24(36)27(29)40-29)19-18(17)21(33)26-30(39-26,23(19)35)16(32)8-11(3)4/h7-9,12-13,15-17,20,25-27,31-32H,1-6H3/t12-,13+,15-,16+,17+,20+,25+,26-,27+,28-,29+,30-/m1/s1. The predicted molar refractivity (Wildman–Crippen MR) is 136 cm³/mol. The molecule has 0 aromatic rings. The molecular weight excluding hydrogens is 520 g/mol. The molecule has 1 saturated carbocycles. The van der Waals surface area contributed by atoms with Crippen LogP contribution in [0.2, 0.25) is 0 Å². The predicted octanol–water partition coefficient (Wildman–Crippen LogP) is 0.838. The van der Waals surface area contributed by atoms with E-state index in [0.717, 1.165) is 11.1 Å². The van der Waals surface area contributed by atoms with Gasteiger partial charge in [0.25, 0.3) is 0 Å². The number of aliphatic hydroxyl groups excluding tert-OH is 2. The van der Waals surface area contributed by atoms with Gasteiger partial charge in [-0.15, -0.1) is 0 Å². The number of fused-ring (bicyclic) bond motifs is 3. The summed E-state index contributed by atoms with van der Waals surface area (Å²) in [5.74, 6) is -3.55. The molecule has 3 saturated heterocycles. The van der Waals surface area contributed by atoms with E-state index in [0.29, 0.717) is 0 Å². The molecule has 0 aromatic carbocycles. The lowest BCUT2D eigenvalue weighted by Crippen LogP contribution is -2.73. The van der Waals surface area contributed by atoms with Gasteiger partial charge in [0.2, 0.25) is 5.78 Å². The molecule has 0 unspecified atom stereocenters. The Hall–Kier alpha value is -2.76. The highest BCUT2D eigenvalue weighted by Crippen LogP contribution is 2.69. The van der Waals surface area contributed by atoms with Crippen LogP contribution in [0.3, 0.4) is 0 Å². The topological polar surface area (TPSA) is 152 Å². The van der Waals surface area contributed by atoms with Gasteiger partial charge in [0.05, 0.1) is 24.0 Å². The van der Waals surface area contributed by atoms with Gasteiger partial charge in [0.1, 0.15) is 23.7 Å². The van der Waals surface area contributed by atoms with Crippen molar-refractivity contribution in [3.8, 4) is 0 Å². The second kappa shape index (κ2) is 7.74. The molecule has 5 heterocycles. The zero-order valence-electron chi connectivity index (χ0n) is 23.1. The van der Waals surface area contributed by atoms with E-state index in [9.17, 15) is 29.4 Å². The summed E-state index contributed by atoms with van der Waals surface area (Å²) in [6, 6.07) is 0. The number of aliphatic hydroxyl groups is 2. The molecule has 4 fully saturated rings. The Morgan fingerprint density at radius 3 is 2.00 bits per heavy atom. The van der Waals surface area contributed by atoms with E-state index in [1.807, 2.05) is 0 Å². The number of carbonyl (C=O) groups excluding carboxylic acids is 4. The Morgan fingerprint density at radius 2 is 1.40 bits per heavy atom. The van der Waals surface area contributed by atoms with Crippen LogP contribution in [0.5, 0.6) is 0 Å². The molecule has 5 aliphatic heterocycles. The molecule has 8 aliphatic rings. The largest absolute Gasteiger partial charge is 0.498 e. The third-order valence-electron chi connectivity index (χ3n) is 9.92. The Labute approximate surface area is 230 Å². The van der Waals surface area contributed by atoms with Gasteiger partial charge >= 0.3 is 0 Å². The number of rotatable bonds is 4. The maximum absolute atomic E-state index is 14.6. The van der Waals surface area contributed by atoms with Crippen molar-refractivity contribution in [2.45, 2.75) is 95.5 Å². The van der Waals surface area contributed by atoms with Crippen LogP contribution in [-0.2, 0) is 38.1 Å². The maximum Gasteiger partial charge on any atom is 0.201 e. The molecule has 40 heavy (non-hydrogen) atoms. The molecular formula is C30H32O10. The van der Waals surface area contributed by atoms with Gasteiger partial charge < -0.3 is 29.2 Å². The van der Waals surface area contributed by atoms with E-state index in [4.69, 9.17) is 18.9 Å². The summed E-state index contributed by atoms with van der Waals surface area (Å²) in [5, 5.41) is 22.0. The minimum absolute atomic E-state index is 0.0153. The highest BCUT2D eigenvalue weighted by atomic mass is 16.6. The lowest BCUT2D eigenvalue weighted by molar-refractivity contribution is -0.205. The van der Waals surface area contributed by atoms with E-state index in [2.05, 4.69) is 0 Å². The summed E-state index contributed by atoms with van der Waals surface area (Å²) in [5.41, 5.74) is -3.57. The number of allylic oxidation sites excluding steroid dienone is 2. The lowest BCUT2D eigenvalue weighted by Gasteiger charge is -2.62. The Kier molecular flexibility index (Phi) is 5.06. The van der Waals surface area contributed by atoms with Crippen LogP contribution < -0.4 is 0 Å². The zero-order chi connectivity index (χ0) is 28.8. The number of hydrogen-bond acceptors (Lipinski definition) is 10. The fourth-order valence-corrected chi connectivity index (χ4v) is 8.27. The van der Waals surface area contributed by atoms with Crippen LogP contribution >= 0.6 is 0 Å². The average Bonchev–Trinajstić information content (AvgIpc) is 3.78. The molecule has 10 heteroatoms. The van der Waals surface area contributed by atoms with Crippen molar-refractivity contribution < 1.29 is 48.3 Å². The molecule has 1 spiro atoms. The van der Waals surface area contributed by atoms with Crippen LogP contribution in [0, 0.1) is 17.3 Å². The molecule has 0 aromatic heterocycles. The molecule has 12 atom stereocenters. The molecule has 10 nitrogen and oxygen atoms in total. The Morgan fingerprint density at radius 1 is 0.825 bits per heavy atom. The first-order valence-electron chi connectivity index (χ1n) is 13.7. The van der Waals surface area contributed by atoms with Gasteiger partial charge in [-0.3, -0.25) is 19.2 Å². The second-order valence-electron chi connectivity index (χ2n) is 12.7. The zero-order valence-corrected chi connectivity index (χ0v) is 23.1. The first-order valence-corrected chi connectivity index (χ1v) is 13.7. The number of ketones is 4. The van der Waals surface area contributed by atoms with Crippen molar-refractivity contribution in [3.05, 3.63) is 46.3 Å². The average molecular weight is 553 g/mol. The number of hydrogen-bond donors (Lipinski definition) is 2. The quantitative estimate of drug-likeness (QED) is 0.379. The van der Waals surface area contributed by atoms with Crippen molar-refractivity contribution in [1.82, 2.24) is 0 Å². The summed E-state index contributed by atoms with van der Waals surface area (Å²) in [6.07, 6.45) is -3.41. The van der Waals surface area contributed by atoms with Crippen molar-refractivity contribution in [1.29, 1.82) is 0 Å². The molecule has 2 bridgehead atoms. The fourth-order valence-electron chi connectivity index (χ4n) is 8.27. The number of epoxide rings is 2. The van der Waals surface area contributed by atoms with Gasteiger partial charge in [-0.2, -0.15) is 0 Å². The molecule has 0 amide bonds. The summed E-state index contributed by atoms with van der Waals surface area (Å²) in [6.45, 7) is 10.6. The molecule has 8 rings (SSSR count). The SMILES string of the molecule is CC(C)=C[C@@H](O)[C@@]12O[C@H]1C(=O)[C@@]13C(=CO[C@@H](C)[C@H]1[C@@H]1C4=C(C(=O)[C@@]5([C@@H](O)C=C(C)C)O[C@@H]5C4=O)[C@@H]3O[C@@H]1C)C2=O. The smallest absolute Gasteiger partial charge is 0.201 e. The minimum Gasteiger partial charge on any atom is -0.498 e. The summed E-state index contributed by atoms with van der Waals surface area (Å²) < 4.78 is 23.8. The van der Waals surface area contributed by atoms with Crippen LogP contribution in [0.4, 0.5) is 0 Å². The number of carbonyl (C=O) groups is 4. The van der Waals surface area contributed by atoms with Crippen molar-refractivity contribution in [2.24, 2.45) is 17.3 Å². The van der Waals surface area contributed by atoms with Crippen LogP contribution in [0.15, 0.2) is 46.3 Å². The third-order valence-corrected chi connectivity index (χ3v) is 9.92. The summed E-state index contributed by atoms with van der Waals surface area (Å²) in [7, 11) is 0. The van der Waals surface area contributed by atoms with Gasteiger partial charge in [-0.1, -0.05) is 23.3 Å². The molecule has 2 N–H and O–H groups in total. The molecule has 3 aliphatic carbocycles. The minimum atomic E-state index is -1.80. The monoisotopic (exact) mass is 552 g/mol. The number of Topliss-reactive ketones (excluding diaryl/α,β-unsaturated/α-hetero) is 4. The lowest BCUT2D eigenvalue weighted by atomic mass is 9.44. The Bertz CT molecular complexity index is 1440. The van der Waals surface area contributed by atoms with Crippen LogP contribution in [0.1, 0.15) is 41.5 Å². The molecule has 0 radical (unpaired) electrons. The third kappa shape index (κ3) is 2.68. The molecule has 212 valence electrons. The van der Waals surface area contributed by atoms with Crippen molar-refractivity contribution in [2.75, 3.05) is 0 Å². The second-order valence-corrected chi connectivity index (χ2v) is 12.7. The van der Waals surface area contributed by atoms with Gasteiger partial charge in [-0.25, -0.2) is 0 Å². The number of ether oxygens (including phenoxy) is 4. The normalized spacial score (nSPS) is 47.0. The van der Waals surface area contributed by atoms with Gasteiger partial charge in [0, 0.05) is 23.0 Å². The van der Waals surface area contributed by atoms with E-state index in [1.54, 1.807) is 41.5 Å². The van der Waals surface area contributed by atoms with E-state index >= 15 is 0 Å². The highest BCUT2D eigenvalue weighted by molar-refractivity contribution is 6.26. The highest BCUT2D eigenvalue weighted by Gasteiger charge is 2.86. The van der Waals surface area contributed by atoms with Gasteiger partial charge in [0.15, 0.2) is 40.8 Å². The first kappa shape index (κ1) is 26.2. The summed E-state index contributed by atoms with van der Waals surface area (Å²) in [4.78, 5) is 56.9. The van der Waals surface area contributed by atoms with E-state index in [1.165, 1.54) is 18.4 Å². The first-order chi connectivity index (χ1) is 18.8. The van der Waals surface area contributed by atoms with Crippen molar-refractivity contribution >= 4 is 23.1 Å². The van der Waals surface area contributed by atoms with Crippen LogP contribution in [0.25, 0.3) is 0 Å². The van der Waals surface area contributed by atoms with Crippen LogP contribution in [-0.4, -0.2) is 87.3 Å². The van der Waals surface area contributed by atoms with Gasteiger partial charge in [-0.05, 0) is 41.5 Å². The maximum atomic E-state index is 14.6. The Balaban J connectivity index is 1.42. The van der Waals surface area contributed by atoms with E-state index in [-0.39, 0.29) is 16.7 Å². The fraction of sp³-hybridized carbons (Fsp3) is 0.600. The summed E-state index contributed by atoms with van der Waals surface area (Å²) >= 11 is 0. The van der Waals surface area contributed by atoms with Crippen molar-refractivity contribution in [3.63, 3.8) is 0 Å². The van der Waals surface area contributed by atoms with E-state index < -0.39 is 94.3 Å².